The number of para-hydroxylation sites is 2. The van der Waals surface area contributed by atoms with Crippen molar-refractivity contribution in [2.24, 2.45) is 0 Å². The van der Waals surface area contributed by atoms with Crippen LogP contribution in [0.5, 0.6) is 5.75 Å². The summed E-state index contributed by atoms with van der Waals surface area (Å²) in [5, 5.41) is 0.671. The Hall–Kier alpha value is -3.38. The number of thioether (sulfide) groups is 1. The first kappa shape index (κ1) is 18.0. The lowest BCUT2D eigenvalue weighted by molar-refractivity contribution is 0.198. The SMILES string of the molecule is O=C(Oc1ccccc1)n1c(SCc2ccccc2)nc2ccccc2c1=O. The summed E-state index contributed by atoms with van der Waals surface area (Å²) in [5.41, 5.74) is 1.17. The average Bonchev–Trinajstić information content (AvgIpc) is 2.74. The minimum absolute atomic E-state index is 0.300. The van der Waals surface area contributed by atoms with Crippen LogP contribution in [0.25, 0.3) is 10.9 Å². The molecule has 0 radical (unpaired) electrons. The van der Waals surface area contributed by atoms with Crippen molar-refractivity contribution in [1.29, 1.82) is 0 Å². The van der Waals surface area contributed by atoms with E-state index in [0.29, 0.717) is 27.6 Å². The van der Waals surface area contributed by atoms with Crippen LogP contribution in [0, 0.1) is 0 Å². The van der Waals surface area contributed by atoms with E-state index >= 15 is 0 Å². The highest BCUT2D eigenvalue weighted by Crippen LogP contribution is 2.22. The van der Waals surface area contributed by atoms with Crippen molar-refractivity contribution in [3.63, 3.8) is 0 Å². The maximum Gasteiger partial charge on any atom is 0.428 e. The van der Waals surface area contributed by atoms with E-state index in [0.717, 1.165) is 10.1 Å². The molecule has 0 aliphatic carbocycles. The highest BCUT2D eigenvalue weighted by Gasteiger charge is 2.19. The second kappa shape index (κ2) is 8.10. The van der Waals surface area contributed by atoms with E-state index in [1.54, 1.807) is 42.5 Å². The summed E-state index contributed by atoms with van der Waals surface area (Å²) in [6, 6.07) is 25.4. The van der Waals surface area contributed by atoms with Gasteiger partial charge in [0.25, 0.3) is 5.56 Å². The van der Waals surface area contributed by atoms with Crippen LogP contribution in [0.1, 0.15) is 5.56 Å². The molecule has 0 saturated carbocycles. The predicted molar refractivity (Wildman–Crippen MR) is 110 cm³/mol. The molecule has 28 heavy (non-hydrogen) atoms. The van der Waals surface area contributed by atoms with Gasteiger partial charge in [-0.1, -0.05) is 72.4 Å². The fourth-order valence-corrected chi connectivity index (χ4v) is 3.66. The number of hydrogen-bond donors (Lipinski definition) is 0. The number of carbonyl (C=O) groups is 1. The molecule has 6 heteroatoms. The Balaban J connectivity index is 1.74. The van der Waals surface area contributed by atoms with Gasteiger partial charge in [-0.05, 0) is 29.8 Å². The molecule has 5 nitrogen and oxygen atoms in total. The van der Waals surface area contributed by atoms with Gasteiger partial charge in [-0.3, -0.25) is 4.79 Å². The molecule has 0 amide bonds. The Kier molecular flexibility index (Phi) is 5.21. The Bertz CT molecular complexity index is 1170. The molecular formula is C22H16N2O3S. The number of aromatic nitrogens is 2. The van der Waals surface area contributed by atoms with Gasteiger partial charge in [-0.25, -0.2) is 9.78 Å². The maximum atomic E-state index is 13.0. The molecule has 0 atom stereocenters. The monoisotopic (exact) mass is 388 g/mol. The first-order chi connectivity index (χ1) is 13.7. The number of rotatable bonds is 4. The second-order valence-corrected chi connectivity index (χ2v) is 6.95. The molecule has 4 rings (SSSR count). The van der Waals surface area contributed by atoms with Crippen molar-refractivity contribution < 1.29 is 9.53 Å². The van der Waals surface area contributed by atoms with Crippen molar-refractivity contribution in [2.75, 3.05) is 0 Å². The summed E-state index contributed by atoms with van der Waals surface area (Å²) in [6.07, 6.45) is -0.773. The smallest absolute Gasteiger partial charge is 0.410 e. The second-order valence-electron chi connectivity index (χ2n) is 6.01. The van der Waals surface area contributed by atoms with Gasteiger partial charge in [0.15, 0.2) is 5.16 Å². The zero-order chi connectivity index (χ0) is 19.3. The first-order valence-corrected chi connectivity index (χ1v) is 9.67. The normalized spacial score (nSPS) is 10.7. The predicted octanol–water partition coefficient (Wildman–Crippen LogP) is 4.74. The van der Waals surface area contributed by atoms with Crippen molar-refractivity contribution in [2.45, 2.75) is 10.9 Å². The van der Waals surface area contributed by atoms with Crippen LogP contribution in [0.2, 0.25) is 0 Å². The molecule has 138 valence electrons. The molecule has 0 unspecified atom stereocenters. The lowest BCUT2D eigenvalue weighted by Gasteiger charge is -2.12. The minimum Gasteiger partial charge on any atom is -0.410 e. The maximum absolute atomic E-state index is 13.0. The molecular weight excluding hydrogens is 372 g/mol. The molecule has 0 spiro atoms. The quantitative estimate of drug-likeness (QED) is 0.373. The van der Waals surface area contributed by atoms with Crippen molar-refractivity contribution in [3.05, 3.63) is 101 Å². The number of hydrogen-bond acceptors (Lipinski definition) is 5. The van der Waals surface area contributed by atoms with E-state index in [9.17, 15) is 9.59 Å². The minimum atomic E-state index is -0.773. The Morgan fingerprint density at radius 3 is 2.29 bits per heavy atom. The van der Waals surface area contributed by atoms with Crippen LogP contribution in [-0.2, 0) is 5.75 Å². The lowest BCUT2D eigenvalue weighted by Crippen LogP contribution is -2.32. The van der Waals surface area contributed by atoms with E-state index in [-0.39, 0.29) is 0 Å². The van der Waals surface area contributed by atoms with Gasteiger partial charge in [0.2, 0.25) is 0 Å². The highest BCUT2D eigenvalue weighted by molar-refractivity contribution is 7.98. The third-order valence-electron chi connectivity index (χ3n) is 4.09. The van der Waals surface area contributed by atoms with Crippen molar-refractivity contribution in [1.82, 2.24) is 9.55 Å². The summed E-state index contributed by atoms with van der Waals surface area (Å²) >= 11 is 1.32. The van der Waals surface area contributed by atoms with Crippen LogP contribution < -0.4 is 10.3 Å². The van der Waals surface area contributed by atoms with Gasteiger partial charge in [-0.15, -0.1) is 0 Å². The van der Waals surface area contributed by atoms with Gasteiger partial charge in [0.05, 0.1) is 10.9 Å². The number of fused-ring (bicyclic) bond motifs is 1. The number of benzene rings is 3. The van der Waals surface area contributed by atoms with Gasteiger partial charge in [-0.2, -0.15) is 4.57 Å². The molecule has 0 fully saturated rings. The summed E-state index contributed by atoms with van der Waals surface area (Å²) in [5.74, 6) is 0.941. The van der Waals surface area contributed by atoms with E-state index < -0.39 is 11.7 Å². The standard InChI is InChI=1S/C22H16N2O3S/c25-20-18-13-7-8-14-19(18)23-21(28-15-16-9-3-1-4-10-16)24(20)22(26)27-17-11-5-2-6-12-17/h1-14H,15H2. The summed E-state index contributed by atoms with van der Waals surface area (Å²) in [4.78, 5) is 30.3. The highest BCUT2D eigenvalue weighted by atomic mass is 32.2. The zero-order valence-corrected chi connectivity index (χ0v) is 15.6. The van der Waals surface area contributed by atoms with Crippen LogP contribution in [-0.4, -0.2) is 15.6 Å². The third-order valence-corrected chi connectivity index (χ3v) is 5.10. The molecule has 1 heterocycles. The number of ether oxygens (including phenoxy) is 1. The first-order valence-electron chi connectivity index (χ1n) is 8.68. The van der Waals surface area contributed by atoms with Crippen LogP contribution in [0.4, 0.5) is 4.79 Å². The lowest BCUT2D eigenvalue weighted by atomic mass is 10.2. The molecule has 0 saturated heterocycles. The average molecular weight is 388 g/mol. The van der Waals surface area contributed by atoms with Crippen LogP contribution >= 0.6 is 11.8 Å². The molecule has 4 aromatic rings. The molecule has 1 aromatic heterocycles. The molecule has 0 aliphatic rings. The Morgan fingerprint density at radius 2 is 1.54 bits per heavy atom. The van der Waals surface area contributed by atoms with E-state index in [1.165, 1.54) is 11.8 Å². The van der Waals surface area contributed by atoms with Gasteiger partial charge in [0.1, 0.15) is 5.75 Å². The third kappa shape index (κ3) is 3.82. The topological polar surface area (TPSA) is 61.2 Å². The summed E-state index contributed by atoms with van der Waals surface area (Å²) in [6.45, 7) is 0. The summed E-state index contributed by atoms with van der Waals surface area (Å²) < 4.78 is 6.40. The van der Waals surface area contributed by atoms with E-state index in [2.05, 4.69) is 4.98 Å². The largest absolute Gasteiger partial charge is 0.428 e. The van der Waals surface area contributed by atoms with Crippen molar-refractivity contribution >= 4 is 28.8 Å². The molecule has 3 aromatic carbocycles. The van der Waals surface area contributed by atoms with Gasteiger partial charge >= 0.3 is 6.09 Å². The zero-order valence-electron chi connectivity index (χ0n) is 14.8. The number of nitrogens with zero attached hydrogens (tertiary/aromatic N) is 2. The fraction of sp³-hybridized carbons (Fsp3) is 0.0455. The number of carbonyl (C=O) groups excluding carboxylic acids is 1. The molecule has 0 aliphatic heterocycles. The Labute approximate surface area is 165 Å². The van der Waals surface area contributed by atoms with Crippen LogP contribution in [0.3, 0.4) is 0 Å². The van der Waals surface area contributed by atoms with Gasteiger partial charge < -0.3 is 4.74 Å². The summed E-state index contributed by atoms with van der Waals surface area (Å²) in [7, 11) is 0. The van der Waals surface area contributed by atoms with Crippen molar-refractivity contribution in [3.8, 4) is 5.75 Å². The molecule has 0 bridgehead atoms. The van der Waals surface area contributed by atoms with E-state index in [1.807, 2.05) is 42.5 Å². The Morgan fingerprint density at radius 1 is 0.893 bits per heavy atom. The van der Waals surface area contributed by atoms with Crippen LogP contribution in [0.15, 0.2) is 94.9 Å². The van der Waals surface area contributed by atoms with E-state index in [4.69, 9.17) is 4.74 Å². The molecule has 0 N–H and O–H groups in total. The fourth-order valence-electron chi connectivity index (χ4n) is 2.73. The van der Waals surface area contributed by atoms with Gasteiger partial charge in [0, 0.05) is 5.75 Å².